The van der Waals surface area contributed by atoms with Gasteiger partial charge < -0.3 is 7.43 Å². The van der Waals surface area contributed by atoms with E-state index in [1.54, 1.807) is 0 Å². The van der Waals surface area contributed by atoms with Gasteiger partial charge in [-0.25, -0.2) is 6.08 Å². The van der Waals surface area contributed by atoms with Gasteiger partial charge in [-0.15, -0.1) is 41.5 Å². The zero-order valence-corrected chi connectivity index (χ0v) is 34.4. The molecule has 1 atom stereocenters. The first-order valence-electron chi connectivity index (χ1n) is 15.3. The maximum absolute atomic E-state index is 3.69. The van der Waals surface area contributed by atoms with Crippen molar-refractivity contribution in [3.8, 4) is 11.1 Å². The van der Waals surface area contributed by atoms with Crippen LogP contribution in [0.5, 0.6) is 0 Å². The minimum absolute atomic E-state index is 0. The van der Waals surface area contributed by atoms with E-state index in [2.05, 4.69) is 136 Å². The van der Waals surface area contributed by atoms with Crippen LogP contribution in [0.2, 0.25) is 0 Å². The summed E-state index contributed by atoms with van der Waals surface area (Å²) >= 11 is 1.30. The quantitative estimate of drug-likeness (QED) is 0.172. The second-order valence-corrected chi connectivity index (χ2v) is 14.5. The average molecular weight is 725 g/mol. The molecule has 45 heavy (non-hydrogen) atoms. The van der Waals surface area contributed by atoms with Crippen molar-refractivity contribution in [2.24, 2.45) is 11.3 Å². The Morgan fingerprint density at radius 3 is 1.69 bits per heavy atom. The Morgan fingerprint density at radius 2 is 1.31 bits per heavy atom. The van der Waals surface area contributed by atoms with Crippen LogP contribution in [0.3, 0.4) is 0 Å². The molecular weight excluding hydrogens is 667 g/mol. The SMILES string of the molecule is CCC1[C-]=CC(C(C)(C)C)=C1.Cc1[c-]c2c(cc1C(C)(C)C)-c1cc(C(C)(C)C)c(C)cc1C2.Cl.Cl.[CH2]=[Zr].[CH3-].[c-]1ccccc1. The third-order valence-electron chi connectivity index (χ3n) is 7.83. The van der Waals surface area contributed by atoms with Gasteiger partial charge in [0.1, 0.15) is 0 Å². The van der Waals surface area contributed by atoms with E-state index in [-0.39, 0.29) is 43.1 Å². The maximum atomic E-state index is 3.69. The van der Waals surface area contributed by atoms with Gasteiger partial charge in [0.25, 0.3) is 0 Å². The molecule has 3 aromatic rings. The Morgan fingerprint density at radius 1 is 0.778 bits per heavy atom. The van der Waals surface area contributed by atoms with Gasteiger partial charge >= 0.3 is 28.4 Å². The van der Waals surface area contributed by atoms with E-state index in [1.807, 2.05) is 30.3 Å². The summed E-state index contributed by atoms with van der Waals surface area (Å²) in [5, 5.41) is 0. The molecule has 0 nitrogen and oxygen atoms in total. The van der Waals surface area contributed by atoms with Crippen molar-refractivity contribution in [3.63, 3.8) is 0 Å². The maximum Gasteiger partial charge on any atom is -0.171 e. The van der Waals surface area contributed by atoms with Gasteiger partial charge in [-0.2, -0.15) is 65.7 Å². The van der Waals surface area contributed by atoms with Crippen molar-refractivity contribution < 1.29 is 24.2 Å². The van der Waals surface area contributed by atoms with E-state index in [0.717, 1.165) is 6.42 Å². The number of hydrogen-bond acceptors (Lipinski definition) is 0. The Kier molecular flexibility index (Phi) is 19.6. The molecule has 0 aliphatic heterocycles. The largest absolute Gasteiger partial charge is 0.358 e. The van der Waals surface area contributed by atoms with Gasteiger partial charge in [-0.05, 0) is 35.4 Å². The van der Waals surface area contributed by atoms with Gasteiger partial charge in [0.05, 0.1) is 0 Å². The third-order valence-corrected chi connectivity index (χ3v) is 7.83. The number of benzene rings is 3. The van der Waals surface area contributed by atoms with E-state index in [9.17, 15) is 0 Å². The van der Waals surface area contributed by atoms with Crippen LogP contribution in [0.1, 0.15) is 109 Å². The molecule has 3 aromatic carbocycles. The topological polar surface area (TPSA) is 0 Å². The first-order chi connectivity index (χ1) is 19.5. The second kappa shape index (κ2) is 19.3. The molecule has 0 bridgehead atoms. The number of fused-ring (bicyclic) bond motifs is 3. The van der Waals surface area contributed by atoms with Crippen LogP contribution in [-0.2, 0) is 41.5 Å². The summed E-state index contributed by atoms with van der Waals surface area (Å²) in [6.45, 7) is 27.2. The van der Waals surface area contributed by atoms with E-state index in [0.29, 0.717) is 11.3 Å². The summed E-state index contributed by atoms with van der Waals surface area (Å²) in [4.78, 5) is 0. The molecule has 1 unspecified atom stereocenters. The Bertz CT molecular complexity index is 1280. The number of aryl methyl sites for hydroxylation is 2. The van der Waals surface area contributed by atoms with Crippen LogP contribution in [0.4, 0.5) is 0 Å². The van der Waals surface area contributed by atoms with Crippen LogP contribution in [0.25, 0.3) is 11.1 Å². The molecule has 0 radical (unpaired) electrons. The summed E-state index contributed by atoms with van der Waals surface area (Å²) < 4.78 is 3.34. The van der Waals surface area contributed by atoms with Gasteiger partial charge in [-0.3, -0.25) is 6.08 Å². The van der Waals surface area contributed by atoms with Crippen molar-refractivity contribution in [2.45, 2.75) is 107 Å². The molecule has 3 heteroatoms. The molecule has 0 N–H and O–H groups in total. The molecule has 0 saturated heterocycles. The van der Waals surface area contributed by atoms with E-state index < -0.39 is 0 Å². The molecule has 0 fully saturated rings. The summed E-state index contributed by atoms with van der Waals surface area (Å²) in [5.74, 6) is 0.573. The van der Waals surface area contributed by atoms with Gasteiger partial charge in [0, 0.05) is 0 Å². The van der Waals surface area contributed by atoms with Crippen molar-refractivity contribution in [1.29, 1.82) is 0 Å². The standard InChI is InChI=1S/C23H29.C11H17.C6H5.CH3.CH2.2ClH.Zr/c1-14-9-16-11-17-10-15(2)21(23(6,7)8)13-19(17)18(16)12-20(14)22(3,4)5;1-5-9-6-7-10(8-9)11(2,3)4;1-2-4-6-5-3-1;;;;;/h9,12-13H,11H2,1-8H3;7-9H,5H2,1-4H3;1-5H;1H3;1H2;2*1H;/q4*-1;;;;. The molecule has 5 rings (SSSR count). The van der Waals surface area contributed by atoms with Gasteiger partial charge in [-0.1, -0.05) is 117 Å². The number of hydrogen-bond donors (Lipinski definition) is 0. The summed E-state index contributed by atoms with van der Waals surface area (Å²) in [7, 11) is 0. The van der Waals surface area contributed by atoms with Crippen LogP contribution in [-0.4, -0.2) is 4.21 Å². The number of halogens is 2. The van der Waals surface area contributed by atoms with Crippen molar-refractivity contribution in [2.75, 3.05) is 0 Å². The summed E-state index contributed by atoms with van der Waals surface area (Å²) in [6.07, 6.45) is 10.0. The first kappa shape index (κ1) is 45.6. The van der Waals surface area contributed by atoms with Gasteiger partial charge in [0.15, 0.2) is 0 Å². The predicted octanol–water partition coefficient (Wildman–Crippen LogP) is 12.4. The molecule has 248 valence electrons. The molecule has 0 aromatic heterocycles. The minimum Gasteiger partial charge on any atom is -0.358 e. The molecule has 0 saturated carbocycles. The fourth-order valence-electron chi connectivity index (χ4n) is 5.58. The summed E-state index contributed by atoms with van der Waals surface area (Å²) in [5.41, 5.74) is 13.3. The van der Waals surface area contributed by atoms with Crippen molar-refractivity contribution in [1.82, 2.24) is 0 Å². The van der Waals surface area contributed by atoms with Gasteiger partial charge in [0.2, 0.25) is 0 Å². The van der Waals surface area contributed by atoms with Crippen molar-refractivity contribution >= 4 is 29.0 Å². The van der Waals surface area contributed by atoms with E-state index in [4.69, 9.17) is 0 Å². The zero-order valence-electron chi connectivity index (χ0n) is 30.3. The zero-order chi connectivity index (χ0) is 31.9. The number of allylic oxidation sites excluding steroid dienone is 4. The third kappa shape index (κ3) is 12.9. The Hall–Kier alpha value is -1.53. The molecule has 2 aliphatic carbocycles. The molecule has 0 spiro atoms. The average Bonchev–Trinajstić information content (AvgIpc) is 3.54. The van der Waals surface area contributed by atoms with E-state index in [1.165, 1.54) is 80.7 Å². The fourth-order valence-corrected chi connectivity index (χ4v) is 5.58. The monoisotopic (exact) mass is 722 g/mol. The predicted molar refractivity (Wildman–Crippen MR) is 203 cm³/mol. The van der Waals surface area contributed by atoms with Crippen LogP contribution in [0, 0.1) is 50.8 Å². The first-order valence-corrected chi connectivity index (χ1v) is 17.0. The smallest absolute Gasteiger partial charge is 0.171 e. The fraction of sp³-hybridized carbons (Fsp3) is 0.429. The van der Waals surface area contributed by atoms with Crippen molar-refractivity contribution in [3.05, 3.63) is 125 Å². The molecule has 0 heterocycles. The normalized spacial score (nSPS) is 14.1. The summed E-state index contributed by atoms with van der Waals surface area (Å²) in [6, 6.07) is 23.4. The molecular formula is C42H58Cl2Zr-4. The molecule has 0 amide bonds. The molecule has 2 aliphatic rings. The van der Waals surface area contributed by atoms with E-state index >= 15 is 0 Å². The number of rotatable bonds is 1. The van der Waals surface area contributed by atoms with Crippen LogP contribution < -0.4 is 0 Å². The second-order valence-electron chi connectivity index (χ2n) is 14.5. The van der Waals surface area contributed by atoms with Crippen LogP contribution in [0.15, 0.2) is 66.3 Å². The Labute approximate surface area is 305 Å². The Balaban J connectivity index is 0. The van der Waals surface area contributed by atoms with Crippen LogP contribution >= 0.6 is 24.8 Å². The minimum atomic E-state index is 0.